The number of nitrogens with zero attached hydrogens (tertiary/aromatic N) is 2. The molecule has 39 heavy (non-hydrogen) atoms. The van der Waals surface area contributed by atoms with Crippen LogP contribution in [0.5, 0.6) is 5.88 Å². The first-order chi connectivity index (χ1) is 19.0. The predicted octanol–water partition coefficient (Wildman–Crippen LogP) is 7.44. The maximum absolute atomic E-state index is 13.4. The molecular formula is C34H31BrN2O2. The highest BCUT2D eigenvalue weighted by Gasteiger charge is 2.46. The highest BCUT2D eigenvalue weighted by atomic mass is 79.9. The monoisotopic (exact) mass is 578 g/mol. The zero-order valence-electron chi connectivity index (χ0n) is 22.1. The molecule has 0 saturated carbocycles. The summed E-state index contributed by atoms with van der Waals surface area (Å²) in [5.41, 5.74) is 3.18. The van der Waals surface area contributed by atoms with Crippen LogP contribution in [0.2, 0.25) is 0 Å². The topological polar surface area (TPSA) is 45.6 Å². The number of fused-ring (bicyclic) bond motifs is 2. The van der Waals surface area contributed by atoms with E-state index in [2.05, 4.69) is 82.5 Å². The van der Waals surface area contributed by atoms with Crippen LogP contribution in [0, 0.1) is 0 Å². The van der Waals surface area contributed by atoms with E-state index in [4.69, 9.17) is 9.72 Å². The molecule has 1 N–H and O–H groups in total. The van der Waals surface area contributed by atoms with Crippen LogP contribution in [-0.2, 0) is 5.60 Å². The molecular weight excluding hydrogens is 548 g/mol. The van der Waals surface area contributed by atoms with Gasteiger partial charge in [-0.2, -0.15) is 0 Å². The standard InChI is InChI=1S/C34H31BrN2O2/c1-37-19-9-14-26(22-37)34(38,30-16-8-13-23-10-6-7-15-28(23)30)32(24-11-4-3-5-12-24)29-21-25-20-27(35)17-18-31(25)36-33(29)39-2/h3-8,10-18,20-21,32,38H,9,19,22H2,1-2H3. The molecule has 0 saturated heterocycles. The Labute approximate surface area is 237 Å². The van der Waals surface area contributed by atoms with E-state index in [1.54, 1.807) is 7.11 Å². The maximum Gasteiger partial charge on any atom is 0.217 e. The summed E-state index contributed by atoms with van der Waals surface area (Å²) in [5.74, 6) is 0.0372. The van der Waals surface area contributed by atoms with Crippen molar-refractivity contribution < 1.29 is 9.84 Å². The van der Waals surface area contributed by atoms with E-state index in [1.807, 2.05) is 48.5 Å². The van der Waals surface area contributed by atoms with E-state index < -0.39 is 11.5 Å². The molecule has 0 radical (unpaired) electrons. The number of ether oxygens (including phenoxy) is 1. The first kappa shape index (κ1) is 25.8. The Morgan fingerprint density at radius 3 is 2.49 bits per heavy atom. The lowest BCUT2D eigenvalue weighted by atomic mass is 9.68. The summed E-state index contributed by atoms with van der Waals surface area (Å²) in [6, 6.07) is 33.0. The lowest BCUT2D eigenvalue weighted by Crippen LogP contribution is -2.42. The van der Waals surface area contributed by atoms with Gasteiger partial charge in [-0.1, -0.05) is 94.8 Å². The van der Waals surface area contributed by atoms with Crippen LogP contribution in [0.1, 0.15) is 29.0 Å². The van der Waals surface area contributed by atoms with Crippen molar-refractivity contribution in [3.8, 4) is 5.88 Å². The van der Waals surface area contributed by atoms with E-state index in [0.717, 1.165) is 61.4 Å². The van der Waals surface area contributed by atoms with Crippen LogP contribution in [-0.4, -0.2) is 42.2 Å². The quantitative estimate of drug-likeness (QED) is 0.213. The van der Waals surface area contributed by atoms with E-state index >= 15 is 0 Å². The zero-order valence-corrected chi connectivity index (χ0v) is 23.7. The molecule has 6 rings (SSSR count). The molecule has 5 heteroatoms. The zero-order chi connectivity index (χ0) is 27.0. The van der Waals surface area contributed by atoms with E-state index in [1.165, 1.54) is 0 Å². The van der Waals surface area contributed by atoms with Crippen LogP contribution in [0.4, 0.5) is 0 Å². The van der Waals surface area contributed by atoms with Crippen molar-refractivity contribution >= 4 is 37.6 Å². The number of halogens is 1. The van der Waals surface area contributed by atoms with Crippen LogP contribution >= 0.6 is 15.9 Å². The van der Waals surface area contributed by atoms with E-state index in [9.17, 15) is 5.11 Å². The molecule has 0 aliphatic carbocycles. The number of methoxy groups -OCH3 is 1. The Hall–Kier alpha value is -3.51. The minimum absolute atomic E-state index is 0.479. The highest BCUT2D eigenvalue weighted by Crippen LogP contribution is 2.51. The highest BCUT2D eigenvalue weighted by molar-refractivity contribution is 9.10. The number of hydrogen-bond acceptors (Lipinski definition) is 4. The second-order valence-corrected chi connectivity index (χ2v) is 11.2. The van der Waals surface area contributed by atoms with Crippen LogP contribution < -0.4 is 4.74 Å². The largest absolute Gasteiger partial charge is 0.481 e. The molecule has 0 spiro atoms. The second kappa shape index (κ2) is 10.6. The van der Waals surface area contributed by atoms with Gasteiger partial charge in [0.1, 0.15) is 5.60 Å². The number of hydrogen-bond donors (Lipinski definition) is 1. The van der Waals surface area contributed by atoms with Gasteiger partial charge in [0.05, 0.1) is 18.5 Å². The fourth-order valence-electron chi connectivity index (χ4n) is 6.05. The summed E-state index contributed by atoms with van der Waals surface area (Å²) in [5, 5.41) is 16.6. The first-order valence-corrected chi connectivity index (χ1v) is 14.1. The molecule has 2 unspecified atom stereocenters. The third-order valence-corrected chi connectivity index (χ3v) is 8.35. The van der Waals surface area contributed by atoms with Gasteiger partial charge in [-0.3, -0.25) is 0 Å². The van der Waals surface area contributed by atoms with Crippen LogP contribution in [0.3, 0.4) is 0 Å². The normalized spacial score (nSPS) is 16.6. The van der Waals surface area contributed by atoms with Crippen molar-refractivity contribution in [3.63, 3.8) is 0 Å². The molecule has 1 aliphatic heterocycles. The van der Waals surface area contributed by atoms with Gasteiger partial charge in [0.2, 0.25) is 5.88 Å². The van der Waals surface area contributed by atoms with Crippen molar-refractivity contribution in [3.05, 3.63) is 130 Å². The van der Waals surface area contributed by atoms with Gasteiger partial charge in [-0.25, -0.2) is 4.98 Å². The van der Waals surface area contributed by atoms with Gasteiger partial charge < -0.3 is 14.7 Å². The number of pyridine rings is 1. The van der Waals surface area contributed by atoms with Crippen LogP contribution in [0.15, 0.2) is 113 Å². The van der Waals surface area contributed by atoms with Gasteiger partial charge >= 0.3 is 0 Å². The molecule has 196 valence electrons. The van der Waals surface area contributed by atoms with Gasteiger partial charge in [0.15, 0.2) is 0 Å². The third-order valence-electron chi connectivity index (χ3n) is 7.86. The number of aromatic nitrogens is 1. The van der Waals surface area contributed by atoms with Gasteiger partial charge in [0, 0.05) is 28.5 Å². The maximum atomic E-state index is 13.4. The molecule has 1 aliphatic rings. The molecule has 5 aromatic rings. The first-order valence-electron chi connectivity index (χ1n) is 13.3. The molecule has 2 heterocycles. The van der Waals surface area contributed by atoms with E-state index in [0.29, 0.717) is 12.4 Å². The van der Waals surface area contributed by atoms with Crippen molar-refractivity contribution in [2.75, 3.05) is 27.2 Å². The predicted molar refractivity (Wildman–Crippen MR) is 162 cm³/mol. The fraction of sp³-hybridized carbons (Fsp3) is 0.206. The molecule has 0 fully saturated rings. The molecule has 4 nitrogen and oxygen atoms in total. The van der Waals surface area contributed by atoms with E-state index in [-0.39, 0.29) is 0 Å². The summed E-state index contributed by atoms with van der Waals surface area (Å²) >= 11 is 3.62. The molecule has 2 atom stereocenters. The number of aliphatic hydroxyl groups is 1. The summed E-state index contributed by atoms with van der Waals surface area (Å²) in [4.78, 5) is 7.20. The minimum Gasteiger partial charge on any atom is -0.481 e. The summed E-state index contributed by atoms with van der Waals surface area (Å²) in [7, 11) is 3.77. The van der Waals surface area contributed by atoms with Gasteiger partial charge in [-0.05, 0) is 65.2 Å². The molecule has 0 amide bonds. The van der Waals surface area contributed by atoms with Crippen LogP contribution in [0.25, 0.3) is 21.7 Å². The summed E-state index contributed by atoms with van der Waals surface area (Å²) < 4.78 is 6.93. The number of benzene rings is 4. The lowest BCUT2D eigenvalue weighted by Gasteiger charge is -2.43. The average molecular weight is 580 g/mol. The third kappa shape index (κ3) is 4.65. The lowest BCUT2D eigenvalue weighted by molar-refractivity contribution is 0.0488. The van der Waals surface area contributed by atoms with Gasteiger partial charge in [0.25, 0.3) is 0 Å². The Morgan fingerprint density at radius 1 is 0.923 bits per heavy atom. The van der Waals surface area contributed by atoms with Crippen molar-refractivity contribution in [1.82, 2.24) is 9.88 Å². The Bertz CT molecular complexity index is 1680. The molecule has 4 aromatic carbocycles. The number of likely N-dealkylation sites (N-methyl/N-ethyl adjacent to an activating group) is 1. The number of rotatable bonds is 6. The molecule has 0 bridgehead atoms. The van der Waals surface area contributed by atoms with Crippen molar-refractivity contribution in [1.29, 1.82) is 0 Å². The summed E-state index contributed by atoms with van der Waals surface area (Å²) in [6.07, 6.45) is 3.11. The Morgan fingerprint density at radius 2 is 1.69 bits per heavy atom. The SMILES string of the molecule is COc1nc2ccc(Br)cc2cc1C(c1ccccc1)C(O)(C1=CCCN(C)C1)c1cccc2ccccc12. The molecule has 1 aromatic heterocycles. The minimum atomic E-state index is -1.37. The smallest absolute Gasteiger partial charge is 0.217 e. The van der Waals surface area contributed by atoms with Gasteiger partial charge in [-0.15, -0.1) is 0 Å². The fourth-order valence-corrected chi connectivity index (χ4v) is 6.43. The van der Waals surface area contributed by atoms with Crippen molar-refractivity contribution in [2.24, 2.45) is 0 Å². The summed E-state index contributed by atoms with van der Waals surface area (Å²) in [6.45, 7) is 1.62. The Kier molecular flexibility index (Phi) is 6.98. The van der Waals surface area contributed by atoms with Crippen molar-refractivity contribution in [2.45, 2.75) is 17.9 Å². The second-order valence-electron chi connectivity index (χ2n) is 10.3. The average Bonchev–Trinajstić information content (AvgIpc) is 2.97. The Balaban J connectivity index is 1.72.